The van der Waals surface area contributed by atoms with E-state index in [4.69, 9.17) is 4.74 Å². The molecular formula is C14H21NO. The molecule has 2 heteroatoms. The van der Waals surface area contributed by atoms with E-state index < -0.39 is 0 Å². The first kappa shape index (κ1) is 11.6. The van der Waals surface area contributed by atoms with Crippen LogP contribution in [0.3, 0.4) is 0 Å². The number of ether oxygens (including phenoxy) is 1. The Kier molecular flexibility index (Phi) is 4.37. The maximum Gasteiger partial charge on any atom is 0.0797 e. The summed E-state index contributed by atoms with van der Waals surface area (Å²) in [6.07, 6.45) is 3.02. The SMILES string of the molecule is CC(OCCNCC1CC1)c1ccccc1. The molecule has 0 saturated heterocycles. The lowest BCUT2D eigenvalue weighted by atomic mass is 10.1. The van der Waals surface area contributed by atoms with Crippen LogP contribution in [0.15, 0.2) is 30.3 Å². The van der Waals surface area contributed by atoms with E-state index in [-0.39, 0.29) is 6.10 Å². The smallest absolute Gasteiger partial charge is 0.0797 e. The Bertz CT molecular complexity index is 295. The van der Waals surface area contributed by atoms with Crippen LogP contribution in [0, 0.1) is 5.92 Å². The van der Waals surface area contributed by atoms with Gasteiger partial charge in [-0.3, -0.25) is 0 Å². The van der Waals surface area contributed by atoms with Gasteiger partial charge in [0.25, 0.3) is 0 Å². The Hall–Kier alpha value is -0.860. The summed E-state index contributed by atoms with van der Waals surface area (Å²) in [5.74, 6) is 0.951. The van der Waals surface area contributed by atoms with Crippen molar-refractivity contribution in [3.63, 3.8) is 0 Å². The van der Waals surface area contributed by atoms with Gasteiger partial charge in [0.05, 0.1) is 12.7 Å². The summed E-state index contributed by atoms with van der Waals surface area (Å²) < 4.78 is 5.77. The van der Waals surface area contributed by atoms with E-state index in [9.17, 15) is 0 Å². The minimum Gasteiger partial charge on any atom is -0.373 e. The molecule has 1 saturated carbocycles. The molecule has 0 radical (unpaired) electrons. The topological polar surface area (TPSA) is 21.3 Å². The van der Waals surface area contributed by atoms with Gasteiger partial charge in [-0.1, -0.05) is 30.3 Å². The molecule has 1 aromatic carbocycles. The fourth-order valence-electron chi connectivity index (χ4n) is 1.76. The van der Waals surface area contributed by atoms with Crippen LogP contribution >= 0.6 is 0 Å². The lowest BCUT2D eigenvalue weighted by Crippen LogP contribution is -2.22. The van der Waals surface area contributed by atoms with Crippen LogP contribution in [0.2, 0.25) is 0 Å². The van der Waals surface area contributed by atoms with Crippen molar-refractivity contribution in [2.45, 2.75) is 25.9 Å². The van der Waals surface area contributed by atoms with Crippen LogP contribution in [0.1, 0.15) is 31.4 Å². The van der Waals surface area contributed by atoms with Crippen molar-refractivity contribution >= 4 is 0 Å². The number of hydrogen-bond acceptors (Lipinski definition) is 2. The maximum absolute atomic E-state index is 5.77. The minimum atomic E-state index is 0.198. The molecular weight excluding hydrogens is 198 g/mol. The molecule has 0 bridgehead atoms. The van der Waals surface area contributed by atoms with E-state index in [0.717, 1.165) is 19.1 Å². The second kappa shape index (κ2) is 6.02. The number of hydrogen-bond donors (Lipinski definition) is 1. The molecule has 2 nitrogen and oxygen atoms in total. The molecule has 1 aliphatic carbocycles. The Morgan fingerprint density at radius 3 is 2.75 bits per heavy atom. The normalized spacial score (nSPS) is 17.3. The predicted octanol–water partition coefficient (Wildman–Crippen LogP) is 2.76. The van der Waals surface area contributed by atoms with Crippen LogP contribution in [0.4, 0.5) is 0 Å². The van der Waals surface area contributed by atoms with Crippen molar-refractivity contribution in [1.82, 2.24) is 5.32 Å². The van der Waals surface area contributed by atoms with E-state index in [2.05, 4.69) is 36.5 Å². The number of benzene rings is 1. The molecule has 1 N–H and O–H groups in total. The van der Waals surface area contributed by atoms with Crippen LogP contribution in [0.25, 0.3) is 0 Å². The molecule has 0 amide bonds. The third-order valence-electron chi connectivity index (χ3n) is 3.05. The molecule has 1 fully saturated rings. The maximum atomic E-state index is 5.77. The first-order valence-electron chi connectivity index (χ1n) is 6.23. The minimum absolute atomic E-state index is 0.198. The Morgan fingerprint density at radius 1 is 1.31 bits per heavy atom. The molecule has 88 valence electrons. The number of rotatable bonds is 7. The summed E-state index contributed by atoms with van der Waals surface area (Å²) in [5.41, 5.74) is 1.25. The van der Waals surface area contributed by atoms with Gasteiger partial charge in [-0.2, -0.15) is 0 Å². The first-order valence-corrected chi connectivity index (χ1v) is 6.23. The van der Waals surface area contributed by atoms with Crippen LogP contribution in [0.5, 0.6) is 0 Å². The third kappa shape index (κ3) is 3.95. The molecule has 1 unspecified atom stereocenters. The highest BCUT2D eigenvalue weighted by molar-refractivity contribution is 5.16. The van der Waals surface area contributed by atoms with Gasteiger partial charge in [0.15, 0.2) is 0 Å². The van der Waals surface area contributed by atoms with Crippen molar-refractivity contribution in [2.75, 3.05) is 19.7 Å². The third-order valence-corrected chi connectivity index (χ3v) is 3.05. The summed E-state index contributed by atoms with van der Waals surface area (Å²) >= 11 is 0. The summed E-state index contributed by atoms with van der Waals surface area (Å²) in [6, 6.07) is 10.4. The van der Waals surface area contributed by atoms with Crippen LogP contribution in [-0.2, 0) is 4.74 Å². The molecule has 0 spiro atoms. The van der Waals surface area contributed by atoms with Gasteiger partial charge in [-0.25, -0.2) is 0 Å². The predicted molar refractivity (Wildman–Crippen MR) is 66.4 cm³/mol. The van der Waals surface area contributed by atoms with Gasteiger partial charge < -0.3 is 10.1 Å². The summed E-state index contributed by atoms with van der Waals surface area (Å²) in [5, 5.41) is 3.43. The fraction of sp³-hybridized carbons (Fsp3) is 0.571. The fourth-order valence-corrected chi connectivity index (χ4v) is 1.76. The summed E-state index contributed by atoms with van der Waals surface area (Å²) in [4.78, 5) is 0. The second-order valence-electron chi connectivity index (χ2n) is 4.57. The average molecular weight is 219 g/mol. The second-order valence-corrected chi connectivity index (χ2v) is 4.57. The number of nitrogens with one attached hydrogen (secondary N) is 1. The van der Waals surface area contributed by atoms with Crippen molar-refractivity contribution in [2.24, 2.45) is 5.92 Å². The van der Waals surface area contributed by atoms with Crippen molar-refractivity contribution < 1.29 is 4.74 Å². The zero-order valence-corrected chi connectivity index (χ0v) is 9.99. The van der Waals surface area contributed by atoms with Crippen molar-refractivity contribution in [3.05, 3.63) is 35.9 Å². The molecule has 1 aliphatic rings. The monoisotopic (exact) mass is 219 g/mol. The molecule has 0 aromatic heterocycles. The van der Waals surface area contributed by atoms with Gasteiger partial charge in [0.1, 0.15) is 0 Å². The molecule has 2 rings (SSSR count). The van der Waals surface area contributed by atoms with Gasteiger partial charge in [-0.15, -0.1) is 0 Å². The molecule has 0 aliphatic heterocycles. The Labute approximate surface area is 98.0 Å². The average Bonchev–Trinajstić information content (AvgIpc) is 3.13. The summed E-state index contributed by atoms with van der Waals surface area (Å²) in [6.45, 7) is 5.04. The Balaban J connectivity index is 1.58. The highest BCUT2D eigenvalue weighted by Crippen LogP contribution is 2.27. The quantitative estimate of drug-likeness (QED) is 0.712. The summed E-state index contributed by atoms with van der Waals surface area (Å²) in [7, 11) is 0. The molecule has 1 aromatic rings. The zero-order chi connectivity index (χ0) is 11.2. The molecule has 16 heavy (non-hydrogen) atoms. The standard InChI is InChI=1S/C14H21NO/c1-12(14-5-3-2-4-6-14)16-10-9-15-11-13-7-8-13/h2-6,12-13,15H,7-11H2,1H3. The lowest BCUT2D eigenvalue weighted by molar-refractivity contribution is 0.0677. The van der Waals surface area contributed by atoms with Gasteiger partial charge >= 0.3 is 0 Å². The highest BCUT2D eigenvalue weighted by atomic mass is 16.5. The van der Waals surface area contributed by atoms with Crippen molar-refractivity contribution in [1.29, 1.82) is 0 Å². The highest BCUT2D eigenvalue weighted by Gasteiger charge is 2.19. The van der Waals surface area contributed by atoms with E-state index >= 15 is 0 Å². The largest absolute Gasteiger partial charge is 0.373 e. The molecule has 0 heterocycles. The Morgan fingerprint density at radius 2 is 2.06 bits per heavy atom. The van der Waals surface area contributed by atoms with E-state index in [0.29, 0.717) is 0 Å². The van der Waals surface area contributed by atoms with Crippen LogP contribution in [-0.4, -0.2) is 19.7 Å². The van der Waals surface area contributed by atoms with E-state index in [1.807, 2.05) is 6.07 Å². The van der Waals surface area contributed by atoms with E-state index in [1.165, 1.54) is 24.9 Å². The zero-order valence-electron chi connectivity index (χ0n) is 9.99. The van der Waals surface area contributed by atoms with Gasteiger partial charge in [-0.05, 0) is 37.8 Å². The van der Waals surface area contributed by atoms with Crippen molar-refractivity contribution in [3.8, 4) is 0 Å². The van der Waals surface area contributed by atoms with E-state index in [1.54, 1.807) is 0 Å². The van der Waals surface area contributed by atoms with Gasteiger partial charge in [0.2, 0.25) is 0 Å². The lowest BCUT2D eigenvalue weighted by Gasteiger charge is -2.13. The first-order chi connectivity index (χ1) is 7.86. The molecule has 1 atom stereocenters. The van der Waals surface area contributed by atoms with Gasteiger partial charge in [0, 0.05) is 6.54 Å². The van der Waals surface area contributed by atoms with Crippen LogP contribution < -0.4 is 5.32 Å².